The fraction of sp³-hybridized carbons (Fsp3) is 0.385. The maximum Gasteiger partial charge on any atom is 0.138 e. The fourth-order valence-electron chi connectivity index (χ4n) is 1.85. The van der Waals surface area contributed by atoms with Crippen molar-refractivity contribution < 1.29 is 5.11 Å². The molecule has 0 fully saturated rings. The molecule has 0 radical (unpaired) electrons. The molecule has 0 aromatic carbocycles. The number of hydrogen-bond acceptors (Lipinski definition) is 3. The number of imidazole rings is 1. The molecular formula is C13H17N3O. The Morgan fingerprint density at radius 2 is 2.18 bits per heavy atom. The molecule has 4 nitrogen and oxygen atoms in total. The molecule has 0 aliphatic heterocycles. The predicted octanol–water partition coefficient (Wildman–Crippen LogP) is 2.02. The first-order valence-corrected chi connectivity index (χ1v) is 5.85. The Hall–Kier alpha value is -1.68. The topological polar surface area (TPSA) is 50.9 Å². The van der Waals surface area contributed by atoms with Crippen LogP contribution in [0.15, 0.2) is 24.5 Å². The van der Waals surface area contributed by atoms with Crippen LogP contribution in [0.4, 0.5) is 0 Å². The quantitative estimate of drug-likeness (QED) is 0.875. The van der Waals surface area contributed by atoms with Gasteiger partial charge in [-0.3, -0.25) is 4.57 Å². The third-order valence-corrected chi connectivity index (χ3v) is 2.69. The molecule has 0 spiro atoms. The molecule has 2 aromatic heterocycles. The summed E-state index contributed by atoms with van der Waals surface area (Å²) in [6.45, 7) is 4.10. The van der Waals surface area contributed by atoms with Gasteiger partial charge >= 0.3 is 0 Å². The molecule has 1 N–H and O–H groups in total. The first-order chi connectivity index (χ1) is 8.24. The molecule has 4 heteroatoms. The van der Waals surface area contributed by atoms with Crippen LogP contribution in [0.1, 0.15) is 30.4 Å². The van der Waals surface area contributed by atoms with Gasteiger partial charge in [0, 0.05) is 18.1 Å². The third-order valence-electron chi connectivity index (χ3n) is 2.69. The van der Waals surface area contributed by atoms with Gasteiger partial charge < -0.3 is 5.11 Å². The van der Waals surface area contributed by atoms with Crippen LogP contribution in [0.25, 0.3) is 5.82 Å². The van der Waals surface area contributed by atoms with Crippen LogP contribution in [0.3, 0.4) is 0 Å². The van der Waals surface area contributed by atoms with Crippen LogP contribution in [-0.4, -0.2) is 19.6 Å². The second-order valence-corrected chi connectivity index (χ2v) is 4.08. The highest BCUT2D eigenvalue weighted by Crippen LogP contribution is 2.13. The number of aryl methyl sites for hydroxylation is 2. The van der Waals surface area contributed by atoms with Crippen LogP contribution in [0, 0.1) is 6.92 Å². The van der Waals surface area contributed by atoms with Crippen molar-refractivity contribution in [3.63, 3.8) is 0 Å². The van der Waals surface area contributed by atoms with E-state index in [-0.39, 0.29) is 6.61 Å². The Labute approximate surface area is 101 Å². The molecule has 90 valence electrons. The van der Waals surface area contributed by atoms with Gasteiger partial charge in [-0.2, -0.15) is 0 Å². The van der Waals surface area contributed by atoms with Crippen LogP contribution in [0.5, 0.6) is 0 Å². The van der Waals surface area contributed by atoms with Crippen molar-refractivity contribution in [3.8, 4) is 5.82 Å². The lowest BCUT2D eigenvalue weighted by atomic mass is 10.1. The normalized spacial score (nSPS) is 10.8. The maximum atomic E-state index is 9.27. The molecule has 2 rings (SSSR count). The van der Waals surface area contributed by atoms with Gasteiger partial charge in [-0.05, 0) is 31.0 Å². The van der Waals surface area contributed by atoms with Gasteiger partial charge in [0.05, 0.1) is 6.61 Å². The van der Waals surface area contributed by atoms with Gasteiger partial charge in [0.25, 0.3) is 0 Å². The molecule has 0 atom stereocenters. The Bertz CT molecular complexity index is 505. The molecule has 0 unspecified atom stereocenters. The SMILES string of the molecule is CCCc1cc(CO)cc(-n2ccnc2C)n1. The lowest BCUT2D eigenvalue weighted by molar-refractivity contribution is 0.281. The van der Waals surface area contributed by atoms with Crippen LogP contribution in [-0.2, 0) is 13.0 Å². The van der Waals surface area contributed by atoms with Gasteiger partial charge in [-0.15, -0.1) is 0 Å². The van der Waals surface area contributed by atoms with Gasteiger partial charge in [-0.25, -0.2) is 9.97 Å². The van der Waals surface area contributed by atoms with Gasteiger partial charge in [0.1, 0.15) is 11.6 Å². The zero-order valence-corrected chi connectivity index (χ0v) is 10.2. The van der Waals surface area contributed by atoms with E-state index in [1.165, 1.54) is 0 Å². The Morgan fingerprint density at radius 1 is 1.35 bits per heavy atom. The molecule has 0 saturated heterocycles. The number of aromatic nitrogens is 3. The molecule has 0 bridgehead atoms. The minimum Gasteiger partial charge on any atom is -0.392 e. The number of pyridine rings is 1. The molecule has 17 heavy (non-hydrogen) atoms. The Balaban J connectivity index is 2.46. The van der Waals surface area contributed by atoms with Crippen molar-refractivity contribution in [1.82, 2.24) is 14.5 Å². The minimum absolute atomic E-state index is 0.0416. The van der Waals surface area contributed by atoms with Crippen molar-refractivity contribution in [2.75, 3.05) is 0 Å². The highest BCUT2D eigenvalue weighted by Gasteiger charge is 2.06. The van der Waals surface area contributed by atoms with Crippen LogP contribution >= 0.6 is 0 Å². The van der Waals surface area contributed by atoms with E-state index < -0.39 is 0 Å². The lowest BCUT2D eigenvalue weighted by Gasteiger charge is -2.09. The first kappa shape index (κ1) is 11.8. The fourth-order valence-corrected chi connectivity index (χ4v) is 1.85. The lowest BCUT2D eigenvalue weighted by Crippen LogP contribution is -2.03. The number of aliphatic hydroxyl groups excluding tert-OH is 1. The van der Waals surface area contributed by atoms with Gasteiger partial charge in [0.15, 0.2) is 0 Å². The molecule has 0 amide bonds. The highest BCUT2D eigenvalue weighted by molar-refractivity contribution is 5.32. The summed E-state index contributed by atoms with van der Waals surface area (Å²) in [5.74, 6) is 1.73. The number of hydrogen-bond donors (Lipinski definition) is 1. The standard InChI is InChI=1S/C13H17N3O/c1-3-4-12-7-11(9-17)8-13(15-12)16-6-5-14-10(16)2/h5-8,17H,3-4,9H2,1-2H3. The maximum absolute atomic E-state index is 9.27. The summed E-state index contributed by atoms with van der Waals surface area (Å²) in [5.41, 5.74) is 1.91. The van der Waals surface area contributed by atoms with E-state index in [1.807, 2.05) is 29.8 Å². The predicted molar refractivity (Wildman–Crippen MR) is 66.0 cm³/mol. The average molecular weight is 231 g/mol. The van der Waals surface area contributed by atoms with Crippen molar-refractivity contribution in [2.24, 2.45) is 0 Å². The van der Waals surface area contributed by atoms with Crippen molar-refractivity contribution >= 4 is 0 Å². The summed E-state index contributed by atoms with van der Waals surface area (Å²) < 4.78 is 1.93. The van der Waals surface area contributed by atoms with Crippen molar-refractivity contribution in [3.05, 3.63) is 41.6 Å². The summed E-state index contributed by atoms with van der Waals surface area (Å²) in [5, 5.41) is 9.27. The van der Waals surface area contributed by atoms with E-state index in [0.717, 1.165) is 35.7 Å². The van der Waals surface area contributed by atoms with Gasteiger partial charge in [0.2, 0.25) is 0 Å². The van der Waals surface area contributed by atoms with Gasteiger partial charge in [-0.1, -0.05) is 13.3 Å². The second kappa shape index (κ2) is 5.10. The Kier molecular flexibility index (Phi) is 3.54. The summed E-state index contributed by atoms with van der Waals surface area (Å²) in [6, 6.07) is 3.85. The monoisotopic (exact) mass is 231 g/mol. The zero-order valence-electron chi connectivity index (χ0n) is 10.2. The Morgan fingerprint density at radius 3 is 2.76 bits per heavy atom. The van der Waals surface area contributed by atoms with Crippen molar-refractivity contribution in [2.45, 2.75) is 33.3 Å². The van der Waals surface area contributed by atoms with Crippen molar-refractivity contribution in [1.29, 1.82) is 0 Å². The van der Waals surface area contributed by atoms with Crippen LogP contribution < -0.4 is 0 Å². The third kappa shape index (κ3) is 2.53. The smallest absolute Gasteiger partial charge is 0.138 e. The van der Waals surface area contributed by atoms with Crippen LogP contribution in [0.2, 0.25) is 0 Å². The molecule has 0 saturated carbocycles. The van der Waals surface area contributed by atoms with E-state index in [0.29, 0.717) is 0 Å². The highest BCUT2D eigenvalue weighted by atomic mass is 16.3. The number of aliphatic hydroxyl groups is 1. The molecule has 2 aromatic rings. The van der Waals surface area contributed by atoms with E-state index >= 15 is 0 Å². The summed E-state index contributed by atoms with van der Waals surface area (Å²) >= 11 is 0. The molecule has 2 heterocycles. The zero-order chi connectivity index (χ0) is 12.3. The summed E-state index contributed by atoms with van der Waals surface area (Å²) in [4.78, 5) is 8.77. The number of rotatable bonds is 4. The number of nitrogens with zero attached hydrogens (tertiary/aromatic N) is 3. The van der Waals surface area contributed by atoms with E-state index in [2.05, 4.69) is 16.9 Å². The van der Waals surface area contributed by atoms with E-state index in [4.69, 9.17) is 0 Å². The summed E-state index contributed by atoms with van der Waals surface area (Å²) in [7, 11) is 0. The molecule has 0 aliphatic rings. The summed E-state index contributed by atoms with van der Waals surface area (Å²) in [6.07, 6.45) is 5.61. The van der Waals surface area contributed by atoms with E-state index in [9.17, 15) is 5.11 Å². The second-order valence-electron chi connectivity index (χ2n) is 4.08. The largest absolute Gasteiger partial charge is 0.392 e. The molecule has 0 aliphatic carbocycles. The first-order valence-electron chi connectivity index (χ1n) is 5.85. The minimum atomic E-state index is 0.0416. The van der Waals surface area contributed by atoms with E-state index in [1.54, 1.807) is 6.20 Å². The average Bonchev–Trinajstić information content (AvgIpc) is 2.75. The molecular weight excluding hydrogens is 214 g/mol.